The first-order valence-corrected chi connectivity index (χ1v) is 5.42. The molecule has 1 unspecified atom stereocenters. The molecule has 0 aliphatic heterocycles. The Morgan fingerprint density at radius 3 is 2.41 bits per heavy atom. The third-order valence-corrected chi connectivity index (χ3v) is 2.08. The number of hydrogen-bond donors (Lipinski definition) is 2. The van der Waals surface area contributed by atoms with Crippen LogP contribution in [0.15, 0.2) is 36.4 Å². The normalized spacial score (nSPS) is 12.9. The highest BCUT2D eigenvalue weighted by atomic mass is 16.5. The SMILES string of the molecule is CC(C)Oc1ccc(C(N)/C=C/C(=O)O)cc1. The van der Waals surface area contributed by atoms with Crippen LogP contribution < -0.4 is 10.5 Å². The largest absolute Gasteiger partial charge is 0.491 e. The molecular formula is C13H17NO3. The Kier molecular flexibility index (Phi) is 4.72. The second-order valence-electron chi connectivity index (χ2n) is 3.96. The van der Waals surface area contributed by atoms with Crippen molar-refractivity contribution in [2.75, 3.05) is 0 Å². The van der Waals surface area contributed by atoms with Gasteiger partial charge in [0.15, 0.2) is 0 Å². The van der Waals surface area contributed by atoms with E-state index in [0.29, 0.717) is 0 Å². The second kappa shape index (κ2) is 6.06. The van der Waals surface area contributed by atoms with Crippen LogP contribution in [-0.4, -0.2) is 17.2 Å². The summed E-state index contributed by atoms with van der Waals surface area (Å²) in [5.41, 5.74) is 6.65. The van der Waals surface area contributed by atoms with Gasteiger partial charge in [0.2, 0.25) is 0 Å². The number of benzene rings is 1. The predicted octanol–water partition coefficient (Wildman–Crippen LogP) is 2.11. The number of rotatable bonds is 5. The molecule has 4 nitrogen and oxygen atoms in total. The van der Waals surface area contributed by atoms with Gasteiger partial charge in [0.25, 0.3) is 0 Å². The molecule has 0 radical (unpaired) electrons. The summed E-state index contributed by atoms with van der Waals surface area (Å²) < 4.78 is 5.49. The van der Waals surface area contributed by atoms with Crippen LogP contribution in [0, 0.1) is 0 Å². The maximum Gasteiger partial charge on any atom is 0.328 e. The molecular weight excluding hydrogens is 218 g/mol. The molecule has 92 valence electrons. The summed E-state index contributed by atoms with van der Waals surface area (Å²) in [4.78, 5) is 10.3. The van der Waals surface area contributed by atoms with Gasteiger partial charge in [0, 0.05) is 12.1 Å². The lowest BCUT2D eigenvalue weighted by molar-refractivity contribution is -0.131. The lowest BCUT2D eigenvalue weighted by atomic mass is 10.1. The molecule has 17 heavy (non-hydrogen) atoms. The molecule has 0 amide bonds. The quantitative estimate of drug-likeness (QED) is 0.767. The van der Waals surface area contributed by atoms with Gasteiger partial charge >= 0.3 is 5.97 Å². The smallest absolute Gasteiger partial charge is 0.328 e. The number of ether oxygens (including phenoxy) is 1. The molecule has 0 aromatic heterocycles. The molecule has 0 saturated heterocycles. The Morgan fingerprint density at radius 2 is 1.94 bits per heavy atom. The lowest BCUT2D eigenvalue weighted by Crippen LogP contribution is -2.08. The van der Waals surface area contributed by atoms with Crippen LogP contribution in [0.2, 0.25) is 0 Å². The van der Waals surface area contributed by atoms with Crippen molar-refractivity contribution in [2.24, 2.45) is 5.73 Å². The molecule has 4 heteroatoms. The van der Waals surface area contributed by atoms with Crippen molar-refractivity contribution in [1.82, 2.24) is 0 Å². The molecule has 1 atom stereocenters. The summed E-state index contributed by atoms with van der Waals surface area (Å²) in [5, 5.41) is 8.49. The summed E-state index contributed by atoms with van der Waals surface area (Å²) >= 11 is 0. The molecule has 0 saturated carbocycles. The zero-order valence-electron chi connectivity index (χ0n) is 9.96. The number of nitrogens with two attached hydrogens (primary N) is 1. The first-order chi connectivity index (χ1) is 7.99. The molecule has 0 aliphatic rings. The molecule has 0 heterocycles. The van der Waals surface area contributed by atoms with Crippen molar-refractivity contribution in [3.8, 4) is 5.75 Å². The lowest BCUT2D eigenvalue weighted by Gasteiger charge is -2.11. The van der Waals surface area contributed by atoms with E-state index in [-0.39, 0.29) is 6.10 Å². The molecule has 0 bridgehead atoms. The van der Waals surface area contributed by atoms with Gasteiger partial charge in [-0.3, -0.25) is 0 Å². The minimum absolute atomic E-state index is 0.126. The van der Waals surface area contributed by atoms with Crippen LogP contribution in [0.1, 0.15) is 25.5 Å². The standard InChI is InChI=1S/C13H17NO3/c1-9(2)17-11-5-3-10(4-6-11)12(14)7-8-13(15)16/h3-9,12H,14H2,1-2H3,(H,15,16)/b8-7+. The van der Waals surface area contributed by atoms with Crippen molar-refractivity contribution in [3.63, 3.8) is 0 Å². The fraction of sp³-hybridized carbons (Fsp3) is 0.308. The summed E-state index contributed by atoms with van der Waals surface area (Å²) in [6.07, 6.45) is 2.62. The summed E-state index contributed by atoms with van der Waals surface area (Å²) in [5.74, 6) is -0.224. The second-order valence-corrected chi connectivity index (χ2v) is 3.96. The van der Waals surface area contributed by atoms with Gasteiger partial charge < -0.3 is 15.6 Å². The first-order valence-electron chi connectivity index (χ1n) is 5.42. The minimum Gasteiger partial charge on any atom is -0.491 e. The molecule has 1 rings (SSSR count). The van der Waals surface area contributed by atoms with Gasteiger partial charge in [0.05, 0.1) is 6.10 Å². The first kappa shape index (κ1) is 13.3. The number of aliphatic carboxylic acids is 1. The van der Waals surface area contributed by atoms with E-state index in [1.807, 2.05) is 38.1 Å². The number of carboxylic acid groups (broad SMARTS) is 1. The van der Waals surface area contributed by atoms with E-state index in [1.165, 1.54) is 6.08 Å². The van der Waals surface area contributed by atoms with E-state index < -0.39 is 12.0 Å². The van der Waals surface area contributed by atoms with Crippen molar-refractivity contribution in [3.05, 3.63) is 42.0 Å². The molecule has 3 N–H and O–H groups in total. The number of carboxylic acids is 1. The van der Waals surface area contributed by atoms with Gasteiger partial charge in [-0.25, -0.2) is 4.79 Å². The van der Waals surface area contributed by atoms with Gasteiger partial charge in [-0.05, 0) is 31.5 Å². The van der Waals surface area contributed by atoms with Gasteiger partial charge in [-0.15, -0.1) is 0 Å². The number of carbonyl (C=O) groups is 1. The summed E-state index contributed by atoms with van der Waals surface area (Å²) in [6.45, 7) is 3.91. The molecule has 0 aliphatic carbocycles. The maximum atomic E-state index is 10.3. The van der Waals surface area contributed by atoms with Gasteiger partial charge in [-0.2, -0.15) is 0 Å². The minimum atomic E-state index is -1.000. The third-order valence-electron chi connectivity index (χ3n) is 2.08. The Labute approximate surface area is 101 Å². The highest BCUT2D eigenvalue weighted by Gasteiger charge is 2.03. The van der Waals surface area contributed by atoms with Crippen molar-refractivity contribution in [2.45, 2.75) is 26.0 Å². The average Bonchev–Trinajstić information content (AvgIpc) is 2.26. The van der Waals surface area contributed by atoms with Crippen LogP contribution in [0.5, 0.6) is 5.75 Å². The van der Waals surface area contributed by atoms with E-state index in [4.69, 9.17) is 15.6 Å². The Balaban J connectivity index is 2.70. The van der Waals surface area contributed by atoms with Crippen molar-refractivity contribution < 1.29 is 14.6 Å². The van der Waals surface area contributed by atoms with Crippen LogP contribution >= 0.6 is 0 Å². The van der Waals surface area contributed by atoms with Crippen LogP contribution in [0.4, 0.5) is 0 Å². The van der Waals surface area contributed by atoms with Crippen molar-refractivity contribution >= 4 is 5.97 Å². The molecule has 1 aromatic carbocycles. The highest BCUT2D eigenvalue weighted by Crippen LogP contribution is 2.18. The van der Waals surface area contributed by atoms with E-state index >= 15 is 0 Å². The Bertz CT molecular complexity index is 396. The maximum absolute atomic E-state index is 10.3. The van der Waals surface area contributed by atoms with Gasteiger partial charge in [-0.1, -0.05) is 18.2 Å². The van der Waals surface area contributed by atoms with Gasteiger partial charge in [0.1, 0.15) is 5.75 Å². The van der Waals surface area contributed by atoms with E-state index in [9.17, 15) is 4.79 Å². The highest BCUT2D eigenvalue weighted by molar-refractivity contribution is 5.79. The Hall–Kier alpha value is -1.81. The van der Waals surface area contributed by atoms with Crippen LogP contribution in [0.3, 0.4) is 0 Å². The van der Waals surface area contributed by atoms with Crippen LogP contribution in [0.25, 0.3) is 0 Å². The van der Waals surface area contributed by atoms with Crippen LogP contribution in [-0.2, 0) is 4.79 Å². The molecule has 1 aromatic rings. The van der Waals surface area contributed by atoms with E-state index in [1.54, 1.807) is 0 Å². The third kappa shape index (κ3) is 4.70. The summed E-state index contributed by atoms with van der Waals surface area (Å²) in [6, 6.07) is 6.88. The van der Waals surface area contributed by atoms with E-state index in [0.717, 1.165) is 17.4 Å². The monoisotopic (exact) mass is 235 g/mol. The predicted molar refractivity (Wildman–Crippen MR) is 65.9 cm³/mol. The van der Waals surface area contributed by atoms with E-state index in [2.05, 4.69) is 0 Å². The average molecular weight is 235 g/mol. The summed E-state index contributed by atoms with van der Waals surface area (Å²) in [7, 11) is 0. The zero-order chi connectivity index (χ0) is 12.8. The fourth-order valence-electron chi connectivity index (χ4n) is 1.34. The fourth-order valence-corrected chi connectivity index (χ4v) is 1.34. The Morgan fingerprint density at radius 1 is 1.35 bits per heavy atom. The molecule has 0 fully saturated rings. The van der Waals surface area contributed by atoms with Crippen molar-refractivity contribution in [1.29, 1.82) is 0 Å². The number of hydrogen-bond acceptors (Lipinski definition) is 3. The zero-order valence-corrected chi connectivity index (χ0v) is 9.96. The topological polar surface area (TPSA) is 72.5 Å². The molecule has 0 spiro atoms.